The summed E-state index contributed by atoms with van der Waals surface area (Å²) in [6, 6.07) is 21.2. The largest absolute Gasteiger partial charge is 0.355 e. The maximum absolute atomic E-state index is 13.8. The van der Waals surface area contributed by atoms with Crippen LogP contribution in [0.25, 0.3) is 0 Å². The van der Waals surface area contributed by atoms with Crippen LogP contribution in [0.3, 0.4) is 0 Å². The highest BCUT2D eigenvalue weighted by Crippen LogP contribution is 2.31. The van der Waals surface area contributed by atoms with Crippen molar-refractivity contribution in [1.82, 2.24) is 15.4 Å². The van der Waals surface area contributed by atoms with Crippen LogP contribution in [0.1, 0.15) is 10.4 Å². The number of aromatic nitrogens is 2. The summed E-state index contributed by atoms with van der Waals surface area (Å²) >= 11 is 0. The minimum Gasteiger partial charge on any atom is -0.334 e. The van der Waals surface area contributed by atoms with Gasteiger partial charge in [0.15, 0.2) is 0 Å². The molecule has 4 aromatic rings. The Bertz CT molecular complexity index is 1380. The number of benzene rings is 3. The zero-order chi connectivity index (χ0) is 24.6. The monoisotopic (exact) mass is 472 g/mol. The summed E-state index contributed by atoms with van der Waals surface area (Å²) in [5.74, 6) is -1.97. The van der Waals surface area contributed by atoms with Gasteiger partial charge in [-0.15, -0.1) is 0 Å². The number of nitro groups is 1. The second-order valence-corrected chi connectivity index (χ2v) is 6.94. The third-order valence-corrected chi connectivity index (χ3v) is 4.58. The number of azo groups is 1. The van der Waals surface area contributed by atoms with Gasteiger partial charge >= 0.3 is 5.69 Å². The molecule has 0 bridgehead atoms. The van der Waals surface area contributed by atoms with Crippen LogP contribution in [0.5, 0.6) is 0 Å². The van der Waals surface area contributed by atoms with Gasteiger partial charge in [0.2, 0.25) is 11.6 Å². The van der Waals surface area contributed by atoms with Gasteiger partial charge in [0.25, 0.3) is 5.91 Å². The fraction of sp³-hybridized carbons (Fsp3) is 0. The number of anilines is 3. The zero-order valence-corrected chi connectivity index (χ0v) is 17.9. The second-order valence-electron chi connectivity index (χ2n) is 6.94. The lowest BCUT2D eigenvalue weighted by Crippen LogP contribution is -2.31. The van der Waals surface area contributed by atoms with Gasteiger partial charge in [0, 0.05) is 5.69 Å². The number of hydrogen-bond acceptors (Lipinski definition) is 9. The van der Waals surface area contributed by atoms with Gasteiger partial charge in [-0.1, -0.05) is 30.3 Å². The van der Waals surface area contributed by atoms with E-state index < -0.39 is 22.3 Å². The molecule has 35 heavy (non-hydrogen) atoms. The number of nitrogens with one attached hydrogen (secondary N) is 3. The van der Waals surface area contributed by atoms with E-state index in [0.29, 0.717) is 17.1 Å². The Morgan fingerprint density at radius 3 is 2.17 bits per heavy atom. The highest BCUT2D eigenvalue weighted by atomic mass is 19.1. The first-order valence-electron chi connectivity index (χ1n) is 10.2. The van der Waals surface area contributed by atoms with Crippen LogP contribution < -0.4 is 16.2 Å². The molecule has 4 rings (SSSR count). The van der Waals surface area contributed by atoms with Crippen LogP contribution in [0.2, 0.25) is 0 Å². The third kappa shape index (κ3) is 5.76. The predicted molar refractivity (Wildman–Crippen MR) is 127 cm³/mol. The molecule has 0 saturated heterocycles. The van der Waals surface area contributed by atoms with E-state index in [1.165, 1.54) is 18.2 Å². The summed E-state index contributed by atoms with van der Waals surface area (Å²) < 4.78 is 13.8. The summed E-state index contributed by atoms with van der Waals surface area (Å²) in [6.07, 6.45) is 1.08. The highest BCUT2D eigenvalue weighted by Gasteiger charge is 2.24. The number of hydrogen-bond donors (Lipinski definition) is 3. The van der Waals surface area contributed by atoms with E-state index >= 15 is 0 Å². The molecule has 12 heteroatoms. The van der Waals surface area contributed by atoms with Gasteiger partial charge in [-0.3, -0.25) is 25.8 Å². The lowest BCUT2D eigenvalue weighted by Gasteiger charge is -2.11. The summed E-state index contributed by atoms with van der Waals surface area (Å²) in [5.41, 5.74) is 5.58. The van der Waals surface area contributed by atoms with E-state index in [1.54, 1.807) is 24.3 Å². The quantitative estimate of drug-likeness (QED) is 0.176. The average Bonchev–Trinajstić information content (AvgIpc) is 2.87. The molecule has 0 atom stereocenters. The molecule has 0 aliphatic carbocycles. The van der Waals surface area contributed by atoms with Crippen LogP contribution in [0.15, 0.2) is 95.4 Å². The third-order valence-electron chi connectivity index (χ3n) is 4.58. The van der Waals surface area contributed by atoms with Crippen molar-refractivity contribution < 1.29 is 14.1 Å². The number of carbonyl (C=O) groups is 1. The first-order valence-corrected chi connectivity index (χ1v) is 10.2. The molecule has 1 amide bonds. The number of hydrazine groups is 1. The van der Waals surface area contributed by atoms with Crippen molar-refractivity contribution in [3.63, 3.8) is 0 Å². The Morgan fingerprint density at radius 2 is 1.49 bits per heavy atom. The van der Waals surface area contributed by atoms with Gasteiger partial charge < -0.3 is 5.32 Å². The van der Waals surface area contributed by atoms with Crippen molar-refractivity contribution in [1.29, 1.82) is 0 Å². The Balaban J connectivity index is 1.48. The minimum absolute atomic E-state index is 0.119. The Kier molecular flexibility index (Phi) is 6.92. The first kappa shape index (κ1) is 22.9. The van der Waals surface area contributed by atoms with Crippen LogP contribution in [0, 0.1) is 15.9 Å². The Hall–Kier alpha value is -5.26. The van der Waals surface area contributed by atoms with Crippen LogP contribution in [-0.2, 0) is 0 Å². The number of amides is 1. The molecule has 0 aliphatic heterocycles. The van der Waals surface area contributed by atoms with Crippen LogP contribution >= 0.6 is 0 Å². The van der Waals surface area contributed by atoms with E-state index in [-0.39, 0.29) is 17.2 Å². The van der Waals surface area contributed by atoms with Crippen LogP contribution in [0.4, 0.5) is 38.8 Å². The van der Waals surface area contributed by atoms with Crippen molar-refractivity contribution in [2.75, 3.05) is 10.7 Å². The number of rotatable bonds is 8. The number of carbonyl (C=O) groups excluding carboxylic acids is 1. The van der Waals surface area contributed by atoms with E-state index in [0.717, 1.165) is 12.4 Å². The first-order chi connectivity index (χ1) is 17.0. The summed E-state index contributed by atoms with van der Waals surface area (Å²) in [6.45, 7) is 0. The Labute approximate surface area is 197 Å². The molecular weight excluding hydrogens is 455 g/mol. The van der Waals surface area contributed by atoms with Gasteiger partial charge in [-0.25, -0.2) is 14.4 Å². The lowest BCUT2D eigenvalue weighted by atomic mass is 10.2. The molecule has 3 aromatic carbocycles. The summed E-state index contributed by atoms with van der Waals surface area (Å²) in [7, 11) is 0. The van der Waals surface area contributed by atoms with E-state index in [2.05, 4.69) is 36.4 Å². The van der Waals surface area contributed by atoms with Crippen molar-refractivity contribution >= 4 is 40.3 Å². The molecule has 0 unspecified atom stereocenters. The molecule has 1 heterocycles. The normalized spacial score (nSPS) is 10.7. The fourth-order valence-electron chi connectivity index (χ4n) is 2.92. The van der Waals surface area contributed by atoms with Gasteiger partial charge in [0.05, 0.1) is 21.9 Å². The summed E-state index contributed by atoms with van der Waals surface area (Å²) in [5, 5.41) is 22.8. The van der Waals surface area contributed by atoms with Crippen molar-refractivity contribution in [2.45, 2.75) is 0 Å². The number of nitrogens with zero attached hydrogens (tertiary/aromatic N) is 5. The van der Waals surface area contributed by atoms with E-state index in [1.807, 2.05) is 30.3 Å². The maximum atomic E-state index is 13.8. The predicted octanol–water partition coefficient (Wildman–Crippen LogP) is 5.44. The maximum Gasteiger partial charge on any atom is 0.355 e. The molecule has 11 nitrogen and oxygen atoms in total. The highest BCUT2D eigenvalue weighted by molar-refractivity contribution is 5.95. The smallest absolute Gasteiger partial charge is 0.334 e. The molecule has 0 fully saturated rings. The Morgan fingerprint density at radius 1 is 0.857 bits per heavy atom. The van der Waals surface area contributed by atoms with E-state index in [4.69, 9.17) is 0 Å². The summed E-state index contributed by atoms with van der Waals surface area (Å²) in [4.78, 5) is 31.0. The average molecular weight is 472 g/mol. The zero-order valence-electron chi connectivity index (χ0n) is 17.9. The molecule has 0 saturated carbocycles. The molecule has 3 N–H and O–H groups in total. The van der Waals surface area contributed by atoms with E-state index in [9.17, 15) is 19.3 Å². The van der Waals surface area contributed by atoms with Gasteiger partial charge in [-0.2, -0.15) is 10.2 Å². The SMILES string of the molecule is O=C(NNc1ncnc(Nc2ccc(N=Nc3ccccc3)cc2)c1[N+](=O)[O-])c1ccccc1F. The molecule has 1 aromatic heterocycles. The van der Waals surface area contributed by atoms with Crippen molar-refractivity contribution in [3.05, 3.63) is 107 Å². The van der Waals surface area contributed by atoms with Gasteiger partial charge in [0.1, 0.15) is 12.1 Å². The molecule has 0 aliphatic rings. The van der Waals surface area contributed by atoms with Crippen molar-refractivity contribution in [3.8, 4) is 0 Å². The fourth-order valence-corrected chi connectivity index (χ4v) is 2.92. The topological polar surface area (TPSA) is 147 Å². The molecular formula is C23H17FN8O3. The molecule has 0 radical (unpaired) electrons. The minimum atomic E-state index is -0.828. The standard InChI is InChI=1S/C23H17FN8O3/c24-19-9-5-4-8-18(19)23(33)31-30-22-20(32(34)35)21(25-14-26-22)27-15-10-12-17(13-11-15)29-28-16-6-2-1-3-7-16/h1-14H,(H,31,33)(H2,25,26,27,30). The number of halogens is 1. The molecule has 0 spiro atoms. The van der Waals surface area contributed by atoms with Gasteiger partial charge in [-0.05, 0) is 48.5 Å². The second kappa shape index (κ2) is 10.6. The van der Waals surface area contributed by atoms with Crippen LogP contribution in [-0.4, -0.2) is 20.8 Å². The molecule has 174 valence electrons. The van der Waals surface area contributed by atoms with Crippen molar-refractivity contribution in [2.24, 2.45) is 10.2 Å². The lowest BCUT2D eigenvalue weighted by molar-refractivity contribution is -0.383.